The van der Waals surface area contributed by atoms with E-state index in [1.54, 1.807) is 103 Å². The highest BCUT2D eigenvalue weighted by Gasteiger charge is 2.11. The number of nitrogens with one attached hydrogen (secondary N) is 4. The lowest BCUT2D eigenvalue weighted by atomic mass is 10.1. The van der Waals surface area contributed by atoms with Gasteiger partial charge < -0.3 is 30.8 Å². The molecule has 11 nitrogen and oxygen atoms in total. The molecule has 6 aromatic rings. The smallest absolute Gasteiger partial charge is 0.323 e. The van der Waals surface area contributed by atoms with Crippen molar-refractivity contribution in [1.29, 1.82) is 0 Å². The topological polar surface area (TPSA) is 151 Å². The molecule has 5 N–H and O–H groups in total. The molecule has 0 spiro atoms. The van der Waals surface area contributed by atoms with Gasteiger partial charge in [-0.05, 0) is 91.0 Å². The number of anilines is 4. The summed E-state index contributed by atoms with van der Waals surface area (Å²) in [4.78, 5) is 35.8. The van der Waals surface area contributed by atoms with Crippen LogP contribution in [0.1, 0.15) is 0 Å². The Morgan fingerprint density at radius 1 is 0.717 bits per heavy atom. The van der Waals surface area contributed by atoms with Gasteiger partial charge in [0.15, 0.2) is 5.43 Å². The number of aryl methyl sites for hydroxylation is 1. The van der Waals surface area contributed by atoms with Gasteiger partial charge in [-0.3, -0.25) is 9.48 Å². The summed E-state index contributed by atoms with van der Waals surface area (Å²) in [5, 5.41) is 26.5. The van der Waals surface area contributed by atoms with E-state index in [-0.39, 0.29) is 17.2 Å². The summed E-state index contributed by atoms with van der Waals surface area (Å²) in [7, 11) is 1.78. The number of carbonyl (C=O) groups excluding carboxylic acids is 2. The number of phenols is 1. The largest absolute Gasteiger partial charge is 0.507 e. The van der Waals surface area contributed by atoms with Crippen LogP contribution in [0.3, 0.4) is 0 Å². The standard InChI is InChI=1S/C17H15ClN4O2.C16H11ClN2O3/c1-22-15(8-9-19-22)14-10-13(6-7-16(14)23)21-17(24)20-12-4-2-11(18)3-5-12;17-10-1-3-11(4-2-10)18-16(21)19-12-5-6-15-13(9-12)14(20)7-8-22-15/h2-10,23H,1H3,(H2,20,21,24);1-9H,(H2,18,19,21). The lowest BCUT2D eigenvalue weighted by molar-refractivity contribution is 0.261. The van der Waals surface area contributed by atoms with Crippen LogP contribution in [0.2, 0.25) is 10.0 Å². The van der Waals surface area contributed by atoms with Crippen molar-refractivity contribution < 1.29 is 19.1 Å². The monoisotopic (exact) mass is 656 g/mol. The third-order valence-corrected chi connectivity index (χ3v) is 6.98. The van der Waals surface area contributed by atoms with Crippen molar-refractivity contribution in [3.8, 4) is 17.0 Å². The van der Waals surface area contributed by atoms with E-state index in [0.29, 0.717) is 49.3 Å². The van der Waals surface area contributed by atoms with Gasteiger partial charge >= 0.3 is 12.1 Å². The van der Waals surface area contributed by atoms with Crippen molar-refractivity contribution in [3.63, 3.8) is 0 Å². The molecular weight excluding hydrogens is 631 g/mol. The number of phenolic OH excluding ortho intramolecular Hbond substituents is 1. The molecule has 4 aromatic carbocycles. The molecule has 0 saturated carbocycles. The molecule has 0 unspecified atom stereocenters. The SMILES string of the molecule is Cn1nccc1-c1cc(NC(=O)Nc2ccc(Cl)cc2)ccc1O.O=C(Nc1ccc(Cl)cc1)Nc1ccc2occc(=O)c2c1. The molecule has 0 radical (unpaired) electrons. The van der Waals surface area contributed by atoms with Crippen molar-refractivity contribution in [2.24, 2.45) is 7.05 Å². The minimum atomic E-state index is -0.415. The fourth-order valence-electron chi connectivity index (χ4n) is 4.27. The first-order chi connectivity index (χ1) is 22.1. The molecule has 6 rings (SSSR count). The Kier molecular flexibility index (Phi) is 9.86. The van der Waals surface area contributed by atoms with E-state index in [2.05, 4.69) is 26.4 Å². The second-order valence-corrected chi connectivity index (χ2v) is 10.6. The van der Waals surface area contributed by atoms with Crippen molar-refractivity contribution in [1.82, 2.24) is 9.78 Å². The Hall–Kier alpha value is -5.78. The van der Waals surface area contributed by atoms with Crippen LogP contribution in [0, 0.1) is 0 Å². The number of fused-ring (bicyclic) bond motifs is 1. The molecule has 0 bridgehead atoms. The Bertz CT molecular complexity index is 2060. The first kappa shape index (κ1) is 31.6. The van der Waals surface area contributed by atoms with Crippen molar-refractivity contribution in [2.45, 2.75) is 0 Å². The van der Waals surface area contributed by atoms with E-state index in [1.165, 1.54) is 18.4 Å². The van der Waals surface area contributed by atoms with Gasteiger partial charge in [-0.2, -0.15) is 5.10 Å². The summed E-state index contributed by atoms with van der Waals surface area (Å²) in [6.07, 6.45) is 2.98. The minimum absolute atomic E-state index is 0.113. The van der Waals surface area contributed by atoms with Crippen LogP contribution in [-0.2, 0) is 7.05 Å². The Morgan fingerprint density at radius 2 is 1.24 bits per heavy atom. The van der Waals surface area contributed by atoms with E-state index in [1.807, 2.05) is 0 Å². The van der Waals surface area contributed by atoms with Gasteiger partial charge in [0.1, 0.15) is 11.3 Å². The molecule has 46 heavy (non-hydrogen) atoms. The van der Waals surface area contributed by atoms with Crippen LogP contribution in [0.15, 0.2) is 119 Å². The molecule has 0 aliphatic heterocycles. The molecule has 0 aliphatic rings. The number of amides is 4. The van der Waals surface area contributed by atoms with Crippen LogP contribution in [-0.4, -0.2) is 26.9 Å². The molecule has 2 aromatic heterocycles. The van der Waals surface area contributed by atoms with Gasteiger partial charge in [-0.15, -0.1) is 0 Å². The summed E-state index contributed by atoms with van der Waals surface area (Å²) in [5.74, 6) is 0.113. The zero-order valence-corrected chi connectivity index (χ0v) is 25.6. The molecule has 0 fully saturated rings. The fourth-order valence-corrected chi connectivity index (χ4v) is 4.52. The lowest BCUT2D eigenvalue weighted by Crippen LogP contribution is -2.19. The molecule has 4 amide bonds. The maximum absolute atomic E-state index is 12.1. The minimum Gasteiger partial charge on any atom is -0.507 e. The first-order valence-corrected chi connectivity index (χ1v) is 14.4. The van der Waals surface area contributed by atoms with E-state index in [4.69, 9.17) is 27.6 Å². The average Bonchev–Trinajstić information content (AvgIpc) is 3.46. The number of benzene rings is 4. The highest BCUT2D eigenvalue weighted by molar-refractivity contribution is 6.31. The van der Waals surface area contributed by atoms with Gasteiger partial charge in [0.2, 0.25) is 0 Å². The van der Waals surface area contributed by atoms with Gasteiger partial charge in [-0.25, -0.2) is 9.59 Å². The third kappa shape index (κ3) is 8.23. The van der Waals surface area contributed by atoms with Crippen LogP contribution in [0.25, 0.3) is 22.2 Å². The summed E-state index contributed by atoms with van der Waals surface area (Å²) < 4.78 is 6.86. The van der Waals surface area contributed by atoms with E-state index < -0.39 is 6.03 Å². The predicted octanol–water partition coefficient (Wildman–Crippen LogP) is 8.18. The van der Waals surface area contributed by atoms with Gasteiger partial charge in [0.05, 0.1) is 17.3 Å². The third-order valence-electron chi connectivity index (χ3n) is 6.47. The lowest BCUT2D eigenvalue weighted by Gasteiger charge is -2.11. The van der Waals surface area contributed by atoms with Gasteiger partial charge in [0.25, 0.3) is 0 Å². The van der Waals surface area contributed by atoms with Gasteiger partial charge in [-0.1, -0.05) is 23.2 Å². The van der Waals surface area contributed by atoms with E-state index in [0.717, 1.165) is 5.69 Å². The zero-order valence-electron chi connectivity index (χ0n) is 24.1. The quantitative estimate of drug-likeness (QED) is 0.118. The summed E-state index contributed by atoms with van der Waals surface area (Å²) in [5.41, 5.74) is 3.92. The van der Waals surface area contributed by atoms with Crippen LogP contribution in [0.5, 0.6) is 5.75 Å². The number of aromatic hydroxyl groups is 1. The maximum Gasteiger partial charge on any atom is 0.323 e. The van der Waals surface area contributed by atoms with Crippen molar-refractivity contribution >= 4 is 69.0 Å². The van der Waals surface area contributed by atoms with Gasteiger partial charge in [0, 0.05) is 57.7 Å². The number of rotatable bonds is 5. The zero-order chi connectivity index (χ0) is 32.6. The van der Waals surface area contributed by atoms with Crippen LogP contribution in [0.4, 0.5) is 32.3 Å². The molecule has 13 heteroatoms. The number of urea groups is 2. The Morgan fingerprint density at radius 3 is 1.80 bits per heavy atom. The molecular formula is C33H26Cl2N6O5. The molecule has 0 saturated heterocycles. The number of halogens is 2. The molecule has 232 valence electrons. The van der Waals surface area contributed by atoms with E-state index >= 15 is 0 Å². The highest BCUT2D eigenvalue weighted by atomic mass is 35.5. The highest BCUT2D eigenvalue weighted by Crippen LogP contribution is 2.31. The summed E-state index contributed by atoms with van der Waals surface area (Å²) >= 11 is 11.6. The van der Waals surface area contributed by atoms with E-state index in [9.17, 15) is 19.5 Å². The Labute approximate surface area is 272 Å². The van der Waals surface area contributed by atoms with Crippen molar-refractivity contribution in [2.75, 3.05) is 21.3 Å². The average molecular weight is 658 g/mol. The van der Waals surface area contributed by atoms with Crippen molar-refractivity contribution in [3.05, 3.63) is 130 Å². The van der Waals surface area contributed by atoms with Crippen LogP contribution < -0.4 is 26.7 Å². The molecule has 2 heterocycles. The number of hydrogen-bond acceptors (Lipinski definition) is 6. The Balaban J connectivity index is 0.000000182. The predicted molar refractivity (Wildman–Crippen MR) is 181 cm³/mol. The fraction of sp³-hybridized carbons (Fsp3) is 0.0303. The number of hydrogen-bond donors (Lipinski definition) is 5. The number of aromatic nitrogens is 2. The normalized spacial score (nSPS) is 10.4. The molecule has 0 aliphatic carbocycles. The number of nitrogens with zero attached hydrogens (tertiary/aromatic N) is 2. The number of carbonyl (C=O) groups is 2. The molecule has 0 atom stereocenters. The summed E-state index contributed by atoms with van der Waals surface area (Å²) in [6.45, 7) is 0. The van der Waals surface area contributed by atoms with Crippen LogP contribution >= 0.6 is 23.2 Å². The summed E-state index contributed by atoms with van der Waals surface area (Å²) in [6, 6.07) is 25.6. The maximum atomic E-state index is 12.1. The second-order valence-electron chi connectivity index (χ2n) is 9.74. The first-order valence-electron chi connectivity index (χ1n) is 13.6. The second kappa shape index (κ2) is 14.3.